The van der Waals surface area contributed by atoms with Crippen molar-refractivity contribution in [2.24, 2.45) is 0 Å². The molecule has 0 aliphatic heterocycles. The molecule has 0 aliphatic rings. The molecule has 0 atom stereocenters. The minimum Gasteiger partial charge on any atom is -0.354 e. The zero-order valence-corrected chi connectivity index (χ0v) is 9.97. The standard InChI is InChI=1S/C10H15F3N4/c1-4-14-9-15-5-7(2)8(16-9)17(3)6-10(11,12)13/h5H,4,6H2,1-3H3,(H,14,15,16). The molecule has 0 aromatic carbocycles. The number of alkyl halides is 3. The van der Waals surface area contributed by atoms with E-state index in [-0.39, 0.29) is 5.82 Å². The van der Waals surface area contributed by atoms with Crippen molar-refractivity contribution in [2.75, 3.05) is 30.4 Å². The van der Waals surface area contributed by atoms with E-state index in [9.17, 15) is 13.2 Å². The van der Waals surface area contributed by atoms with Crippen LogP contribution >= 0.6 is 0 Å². The molecule has 0 amide bonds. The highest BCUT2D eigenvalue weighted by molar-refractivity contribution is 5.48. The highest BCUT2D eigenvalue weighted by Crippen LogP contribution is 2.22. The number of rotatable bonds is 4. The van der Waals surface area contributed by atoms with Crippen LogP contribution in [0.25, 0.3) is 0 Å². The lowest BCUT2D eigenvalue weighted by molar-refractivity contribution is -0.119. The molecule has 0 unspecified atom stereocenters. The molecular weight excluding hydrogens is 233 g/mol. The maximum absolute atomic E-state index is 12.3. The Bertz CT molecular complexity index is 378. The molecule has 1 aromatic rings. The average molecular weight is 248 g/mol. The van der Waals surface area contributed by atoms with Gasteiger partial charge in [-0.2, -0.15) is 18.2 Å². The Morgan fingerprint density at radius 1 is 1.41 bits per heavy atom. The summed E-state index contributed by atoms with van der Waals surface area (Å²) >= 11 is 0. The minimum atomic E-state index is -4.25. The lowest BCUT2D eigenvalue weighted by Crippen LogP contribution is -2.32. The van der Waals surface area contributed by atoms with Crippen molar-refractivity contribution in [3.8, 4) is 0 Å². The third-order valence-electron chi connectivity index (χ3n) is 2.06. The van der Waals surface area contributed by atoms with E-state index in [0.29, 0.717) is 18.1 Å². The Balaban J connectivity index is 2.91. The zero-order valence-electron chi connectivity index (χ0n) is 9.97. The second kappa shape index (κ2) is 5.20. The molecule has 0 spiro atoms. The average Bonchev–Trinajstić information content (AvgIpc) is 2.18. The van der Waals surface area contributed by atoms with Gasteiger partial charge >= 0.3 is 6.18 Å². The predicted molar refractivity (Wildman–Crippen MR) is 60.3 cm³/mol. The zero-order chi connectivity index (χ0) is 13.1. The van der Waals surface area contributed by atoms with Gasteiger partial charge in [-0.05, 0) is 13.8 Å². The molecule has 1 N–H and O–H groups in total. The van der Waals surface area contributed by atoms with Gasteiger partial charge in [-0.25, -0.2) is 4.98 Å². The Hall–Kier alpha value is -1.53. The van der Waals surface area contributed by atoms with Crippen molar-refractivity contribution in [1.29, 1.82) is 0 Å². The lowest BCUT2D eigenvalue weighted by atomic mass is 10.3. The van der Waals surface area contributed by atoms with E-state index in [0.717, 1.165) is 4.90 Å². The second-order valence-corrected chi connectivity index (χ2v) is 3.70. The fourth-order valence-corrected chi connectivity index (χ4v) is 1.41. The van der Waals surface area contributed by atoms with Gasteiger partial charge in [0, 0.05) is 25.4 Å². The van der Waals surface area contributed by atoms with Crippen LogP contribution in [-0.4, -0.2) is 36.3 Å². The number of halogens is 3. The molecule has 1 heterocycles. The van der Waals surface area contributed by atoms with Crippen molar-refractivity contribution in [2.45, 2.75) is 20.0 Å². The Kier molecular flexibility index (Phi) is 4.14. The Morgan fingerprint density at radius 3 is 2.59 bits per heavy atom. The van der Waals surface area contributed by atoms with Gasteiger partial charge in [-0.15, -0.1) is 0 Å². The van der Waals surface area contributed by atoms with Gasteiger partial charge in [0.05, 0.1) is 0 Å². The first-order valence-electron chi connectivity index (χ1n) is 5.19. The molecule has 0 aliphatic carbocycles. The molecule has 0 saturated heterocycles. The number of hydrogen-bond acceptors (Lipinski definition) is 4. The van der Waals surface area contributed by atoms with Crippen molar-refractivity contribution >= 4 is 11.8 Å². The van der Waals surface area contributed by atoms with Gasteiger partial charge in [-0.1, -0.05) is 0 Å². The second-order valence-electron chi connectivity index (χ2n) is 3.70. The van der Waals surface area contributed by atoms with Gasteiger partial charge in [-0.3, -0.25) is 0 Å². The summed E-state index contributed by atoms with van der Waals surface area (Å²) in [5, 5.41) is 2.86. The van der Waals surface area contributed by atoms with Crippen LogP contribution in [0.5, 0.6) is 0 Å². The summed E-state index contributed by atoms with van der Waals surface area (Å²) in [4.78, 5) is 9.09. The van der Waals surface area contributed by atoms with Crippen LogP contribution in [0, 0.1) is 6.92 Å². The van der Waals surface area contributed by atoms with Crippen LogP contribution in [0.15, 0.2) is 6.20 Å². The molecule has 96 valence electrons. The van der Waals surface area contributed by atoms with Gasteiger partial charge in [0.2, 0.25) is 5.95 Å². The summed E-state index contributed by atoms with van der Waals surface area (Å²) < 4.78 is 36.8. The summed E-state index contributed by atoms with van der Waals surface area (Å²) in [5.74, 6) is 0.621. The molecule has 0 radical (unpaired) electrons. The maximum atomic E-state index is 12.3. The van der Waals surface area contributed by atoms with Gasteiger partial charge < -0.3 is 10.2 Å². The number of aryl methyl sites for hydroxylation is 1. The van der Waals surface area contributed by atoms with E-state index < -0.39 is 12.7 Å². The normalized spacial score (nSPS) is 11.4. The summed E-state index contributed by atoms with van der Waals surface area (Å²) in [6.45, 7) is 3.13. The van der Waals surface area contributed by atoms with Crippen molar-refractivity contribution < 1.29 is 13.2 Å². The van der Waals surface area contributed by atoms with Crippen molar-refractivity contribution in [1.82, 2.24) is 9.97 Å². The first kappa shape index (κ1) is 13.5. The van der Waals surface area contributed by atoms with Crippen LogP contribution in [-0.2, 0) is 0 Å². The lowest BCUT2D eigenvalue weighted by Gasteiger charge is -2.21. The van der Waals surface area contributed by atoms with Crippen molar-refractivity contribution in [3.63, 3.8) is 0 Å². The van der Waals surface area contributed by atoms with Gasteiger partial charge in [0.1, 0.15) is 12.4 Å². The van der Waals surface area contributed by atoms with Crippen LogP contribution in [0.3, 0.4) is 0 Å². The molecule has 1 rings (SSSR count). The Labute approximate surface area is 97.9 Å². The van der Waals surface area contributed by atoms with Crippen molar-refractivity contribution in [3.05, 3.63) is 11.8 Å². The van der Waals surface area contributed by atoms with Crippen LogP contribution in [0.2, 0.25) is 0 Å². The molecular formula is C10H15F3N4. The fraction of sp³-hybridized carbons (Fsp3) is 0.600. The first-order chi connectivity index (χ1) is 7.83. The number of anilines is 2. The number of nitrogens with zero attached hydrogens (tertiary/aromatic N) is 3. The SMILES string of the molecule is CCNc1ncc(C)c(N(C)CC(F)(F)F)n1. The first-order valence-corrected chi connectivity index (χ1v) is 5.19. The van der Waals surface area contributed by atoms with E-state index in [4.69, 9.17) is 0 Å². The van der Waals surface area contributed by atoms with E-state index in [1.54, 1.807) is 6.92 Å². The highest BCUT2D eigenvalue weighted by Gasteiger charge is 2.30. The third-order valence-corrected chi connectivity index (χ3v) is 2.06. The predicted octanol–water partition coefficient (Wildman–Crippen LogP) is 2.22. The van der Waals surface area contributed by atoms with E-state index >= 15 is 0 Å². The molecule has 1 aromatic heterocycles. The molecule has 4 nitrogen and oxygen atoms in total. The molecule has 17 heavy (non-hydrogen) atoms. The van der Waals surface area contributed by atoms with E-state index in [2.05, 4.69) is 15.3 Å². The number of aromatic nitrogens is 2. The van der Waals surface area contributed by atoms with Gasteiger partial charge in [0.15, 0.2) is 0 Å². The highest BCUT2D eigenvalue weighted by atomic mass is 19.4. The molecule has 0 fully saturated rings. The maximum Gasteiger partial charge on any atom is 0.405 e. The molecule has 7 heteroatoms. The summed E-state index contributed by atoms with van der Waals surface area (Å²) in [6, 6.07) is 0. The number of hydrogen-bond donors (Lipinski definition) is 1. The number of nitrogens with one attached hydrogen (secondary N) is 1. The summed E-state index contributed by atoms with van der Waals surface area (Å²) in [6.07, 6.45) is -2.74. The Morgan fingerprint density at radius 2 is 2.06 bits per heavy atom. The summed E-state index contributed by atoms with van der Waals surface area (Å²) in [7, 11) is 1.36. The topological polar surface area (TPSA) is 41.1 Å². The largest absolute Gasteiger partial charge is 0.405 e. The fourth-order valence-electron chi connectivity index (χ4n) is 1.41. The van der Waals surface area contributed by atoms with E-state index in [1.807, 2.05) is 6.92 Å². The quantitative estimate of drug-likeness (QED) is 0.887. The smallest absolute Gasteiger partial charge is 0.354 e. The molecule has 0 bridgehead atoms. The van der Waals surface area contributed by atoms with Gasteiger partial charge in [0.25, 0.3) is 0 Å². The minimum absolute atomic E-state index is 0.285. The van der Waals surface area contributed by atoms with Crippen LogP contribution in [0.4, 0.5) is 24.9 Å². The monoisotopic (exact) mass is 248 g/mol. The molecule has 0 saturated carbocycles. The van der Waals surface area contributed by atoms with E-state index in [1.165, 1.54) is 13.2 Å². The summed E-state index contributed by atoms with van der Waals surface area (Å²) in [5.41, 5.74) is 0.610. The van der Waals surface area contributed by atoms with Crippen LogP contribution < -0.4 is 10.2 Å². The third kappa shape index (κ3) is 4.08. The van der Waals surface area contributed by atoms with Crippen LogP contribution in [0.1, 0.15) is 12.5 Å².